The Hall–Kier alpha value is -2.90. The molecular weight excluding hydrogens is 384 g/mol. The van der Waals surface area contributed by atoms with Crippen LogP contribution >= 0.6 is 23.4 Å². The zero-order chi connectivity index (χ0) is 18.8. The first-order valence-corrected chi connectivity index (χ1v) is 9.43. The van der Waals surface area contributed by atoms with Crippen molar-refractivity contribution in [1.29, 1.82) is 0 Å². The van der Waals surface area contributed by atoms with Gasteiger partial charge in [0.1, 0.15) is 5.39 Å². The molecule has 27 heavy (non-hydrogen) atoms. The Morgan fingerprint density at radius 2 is 1.85 bits per heavy atom. The number of para-hydroxylation sites is 1. The monoisotopic (exact) mass is 396 g/mol. The van der Waals surface area contributed by atoms with Crippen molar-refractivity contribution in [2.75, 3.05) is 5.75 Å². The van der Waals surface area contributed by atoms with E-state index in [4.69, 9.17) is 11.6 Å². The van der Waals surface area contributed by atoms with Gasteiger partial charge in [-0.1, -0.05) is 53.7 Å². The molecule has 0 aliphatic rings. The number of nitrogens with zero attached hydrogens (tertiary/aromatic N) is 3. The molecule has 0 aliphatic heterocycles. The van der Waals surface area contributed by atoms with Crippen LogP contribution in [0.3, 0.4) is 0 Å². The maximum atomic E-state index is 12.9. The minimum atomic E-state index is -0.243. The van der Waals surface area contributed by atoms with Gasteiger partial charge in [0.25, 0.3) is 5.56 Å². The van der Waals surface area contributed by atoms with Crippen molar-refractivity contribution in [1.82, 2.24) is 19.7 Å². The largest absolute Gasteiger partial charge is 0.293 e. The molecule has 0 spiro atoms. The number of aromatic nitrogens is 4. The number of benzene rings is 2. The number of aromatic amines is 1. The predicted molar refractivity (Wildman–Crippen MR) is 106 cm³/mol. The lowest BCUT2D eigenvalue weighted by Gasteiger charge is -2.11. The molecule has 4 rings (SSSR count). The van der Waals surface area contributed by atoms with Crippen LogP contribution < -0.4 is 5.56 Å². The number of carbonyl (C=O) groups is 1. The van der Waals surface area contributed by atoms with Crippen molar-refractivity contribution in [3.63, 3.8) is 0 Å². The molecule has 0 saturated heterocycles. The summed E-state index contributed by atoms with van der Waals surface area (Å²) in [6.07, 6.45) is 1.45. The molecule has 0 saturated carbocycles. The topological polar surface area (TPSA) is 80.6 Å². The maximum absolute atomic E-state index is 12.9. The van der Waals surface area contributed by atoms with Gasteiger partial charge in [0.15, 0.2) is 16.6 Å². The van der Waals surface area contributed by atoms with Crippen molar-refractivity contribution in [3.05, 3.63) is 81.7 Å². The first-order valence-electron chi connectivity index (χ1n) is 8.07. The standard InChI is InChI=1S/C19H13ClN4O2S/c20-15-9-5-4-8-13(15)16(25)11-27-19-22-17-14(10-21-23-17)18(26)24(19)12-6-2-1-3-7-12/h1-10H,11H2,(H,21,23). The summed E-state index contributed by atoms with van der Waals surface area (Å²) in [5.74, 6) is -0.0352. The van der Waals surface area contributed by atoms with E-state index in [1.807, 2.05) is 30.3 Å². The molecule has 2 heterocycles. The van der Waals surface area contributed by atoms with Gasteiger partial charge < -0.3 is 0 Å². The summed E-state index contributed by atoms with van der Waals surface area (Å²) in [4.78, 5) is 30.0. The van der Waals surface area contributed by atoms with Crippen molar-refractivity contribution >= 4 is 40.2 Å². The van der Waals surface area contributed by atoms with E-state index in [1.165, 1.54) is 22.5 Å². The molecule has 0 fully saturated rings. The summed E-state index contributed by atoms with van der Waals surface area (Å²) < 4.78 is 1.49. The van der Waals surface area contributed by atoms with Gasteiger partial charge in [0.05, 0.1) is 22.7 Å². The number of hydrogen-bond donors (Lipinski definition) is 1. The lowest BCUT2D eigenvalue weighted by atomic mass is 10.1. The summed E-state index contributed by atoms with van der Waals surface area (Å²) in [5, 5.41) is 7.81. The Morgan fingerprint density at radius 3 is 2.63 bits per heavy atom. The normalized spacial score (nSPS) is 11.0. The van der Waals surface area contributed by atoms with Crippen molar-refractivity contribution in [2.24, 2.45) is 0 Å². The number of halogens is 1. The highest BCUT2D eigenvalue weighted by atomic mass is 35.5. The SMILES string of the molecule is O=C(CSc1nc2[nH]ncc2c(=O)n1-c1ccccc1)c1ccccc1Cl. The number of thioether (sulfide) groups is 1. The number of rotatable bonds is 5. The predicted octanol–water partition coefficient (Wildman–Crippen LogP) is 3.74. The number of fused-ring (bicyclic) bond motifs is 1. The average Bonchev–Trinajstić information content (AvgIpc) is 3.16. The fourth-order valence-electron chi connectivity index (χ4n) is 2.67. The molecule has 2 aromatic carbocycles. The van der Waals surface area contributed by atoms with Crippen LogP contribution in [-0.4, -0.2) is 31.3 Å². The van der Waals surface area contributed by atoms with Crippen molar-refractivity contribution < 1.29 is 4.79 Å². The third-order valence-electron chi connectivity index (χ3n) is 3.97. The second kappa shape index (κ2) is 7.38. The summed E-state index contributed by atoms with van der Waals surface area (Å²) >= 11 is 7.28. The minimum absolute atomic E-state index is 0.0999. The first kappa shape index (κ1) is 17.5. The van der Waals surface area contributed by atoms with E-state index in [0.717, 1.165) is 0 Å². The van der Waals surface area contributed by atoms with E-state index in [9.17, 15) is 9.59 Å². The van der Waals surface area contributed by atoms with Gasteiger partial charge in [0.2, 0.25) is 0 Å². The second-order valence-corrected chi connectivity index (χ2v) is 7.04. The van der Waals surface area contributed by atoms with E-state index in [2.05, 4.69) is 15.2 Å². The summed E-state index contributed by atoms with van der Waals surface area (Å²) in [6, 6.07) is 16.1. The van der Waals surface area contributed by atoms with Crippen LogP contribution in [0.25, 0.3) is 16.7 Å². The van der Waals surface area contributed by atoms with Gasteiger partial charge >= 0.3 is 0 Å². The number of H-pyrrole nitrogens is 1. The molecule has 0 unspecified atom stereocenters. The lowest BCUT2D eigenvalue weighted by Crippen LogP contribution is -2.21. The Kier molecular flexibility index (Phi) is 4.79. The highest BCUT2D eigenvalue weighted by Crippen LogP contribution is 2.23. The number of ketones is 1. The highest BCUT2D eigenvalue weighted by molar-refractivity contribution is 7.99. The first-order chi connectivity index (χ1) is 13.1. The highest BCUT2D eigenvalue weighted by Gasteiger charge is 2.17. The lowest BCUT2D eigenvalue weighted by molar-refractivity contribution is 0.102. The van der Waals surface area contributed by atoms with Gasteiger partial charge in [-0.15, -0.1) is 0 Å². The zero-order valence-corrected chi connectivity index (χ0v) is 15.5. The molecule has 8 heteroatoms. The molecule has 134 valence electrons. The van der Waals surface area contributed by atoms with Crippen LogP contribution in [0.5, 0.6) is 0 Å². The molecule has 0 aliphatic carbocycles. The third-order valence-corrected chi connectivity index (χ3v) is 5.24. The minimum Gasteiger partial charge on any atom is -0.293 e. The molecule has 2 aromatic heterocycles. The second-order valence-electron chi connectivity index (χ2n) is 5.69. The molecule has 0 amide bonds. The van der Waals surface area contributed by atoms with E-state index in [-0.39, 0.29) is 17.1 Å². The molecule has 1 N–H and O–H groups in total. The Balaban J connectivity index is 1.74. The molecule has 4 aromatic rings. The number of hydrogen-bond acceptors (Lipinski definition) is 5. The third kappa shape index (κ3) is 3.39. The van der Waals surface area contributed by atoms with Gasteiger partial charge in [-0.05, 0) is 24.3 Å². The van der Waals surface area contributed by atoms with E-state index in [1.54, 1.807) is 24.3 Å². The molecule has 0 atom stereocenters. The quantitative estimate of drug-likeness (QED) is 0.316. The maximum Gasteiger partial charge on any atom is 0.269 e. The fraction of sp³-hybridized carbons (Fsp3) is 0.0526. The van der Waals surface area contributed by atoms with Crippen molar-refractivity contribution in [2.45, 2.75) is 5.16 Å². The molecule has 6 nitrogen and oxygen atoms in total. The van der Waals surface area contributed by atoms with Crippen LogP contribution in [0.1, 0.15) is 10.4 Å². The fourth-order valence-corrected chi connectivity index (χ4v) is 3.80. The Labute approximate surface area is 163 Å². The molecular formula is C19H13ClN4O2S. The van der Waals surface area contributed by atoms with E-state index < -0.39 is 0 Å². The summed E-state index contributed by atoms with van der Waals surface area (Å²) in [7, 11) is 0. The van der Waals surface area contributed by atoms with Gasteiger partial charge in [-0.25, -0.2) is 4.98 Å². The van der Waals surface area contributed by atoms with Crippen LogP contribution in [0, 0.1) is 0 Å². The number of nitrogens with one attached hydrogen (secondary N) is 1. The average molecular weight is 397 g/mol. The van der Waals surface area contributed by atoms with Crippen LogP contribution in [0.2, 0.25) is 5.02 Å². The van der Waals surface area contributed by atoms with Crippen LogP contribution in [-0.2, 0) is 0 Å². The van der Waals surface area contributed by atoms with E-state index >= 15 is 0 Å². The van der Waals surface area contributed by atoms with Crippen molar-refractivity contribution in [3.8, 4) is 5.69 Å². The number of carbonyl (C=O) groups excluding carboxylic acids is 1. The summed E-state index contributed by atoms with van der Waals surface area (Å²) in [5.41, 5.74) is 1.27. The van der Waals surface area contributed by atoms with Crippen LogP contribution in [0.4, 0.5) is 0 Å². The van der Waals surface area contributed by atoms with Gasteiger partial charge in [0, 0.05) is 5.56 Å². The van der Waals surface area contributed by atoms with Crippen LogP contribution in [0.15, 0.2) is 70.7 Å². The Morgan fingerprint density at radius 1 is 1.11 bits per heavy atom. The Bertz CT molecular complexity index is 1190. The summed E-state index contributed by atoms with van der Waals surface area (Å²) in [6.45, 7) is 0. The van der Waals surface area contributed by atoms with Gasteiger partial charge in [-0.3, -0.25) is 19.3 Å². The van der Waals surface area contributed by atoms with Gasteiger partial charge in [-0.2, -0.15) is 5.10 Å². The molecule has 0 bridgehead atoms. The zero-order valence-electron chi connectivity index (χ0n) is 13.9. The smallest absolute Gasteiger partial charge is 0.269 e. The molecule has 0 radical (unpaired) electrons. The number of Topliss-reactive ketones (excluding diaryl/α,β-unsaturated/α-hetero) is 1. The van der Waals surface area contributed by atoms with E-state index in [0.29, 0.717) is 32.5 Å².